The van der Waals surface area contributed by atoms with Gasteiger partial charge in [-0.3, -0.25) is 4.79 Å². The Labute approximate surface area is 152 Å². The van der Waals surface area contributed by atoms with Crippen LogP contribution in [0.3, 0.4) is 0 Å². The summed E-state index contributed by atoms with van der Waals surface area (Å²) in [5.41, 5.74) is 2.05. The van der Waals surface area contributed by atoms with E-state index >= 15 is 0 Å². The molecule has 3 aromatic rings. The Morgan fingerprint density at radius 1 is 0.962 bits per heavy atom. The van der Waals surface area contributed by atoms with Crippen molar-refractivity contribution in [3.63, 3.8) is 0 Å². The number of anilines is 1. The zero-order valence-electron chi connectivity index (χ0n) is 14.4. The van der Waals surface area contributed by atoms with Crippen molar-refractivity contribution in [3.8, 4) is 0 Å². The molecule has 3 aromatic carbocycles. The third-order valence-corrected chi connectivity index (χ3v) is 3.90. The van der Waals surface area contributed by atoms with Crippen LogP contribution in [0.15, 0.2) is 72.8 Å². The second-order valence-electron chi connectivity index (χ2n) is 5.69. The molecule has 0 atom stereocenters. The van der Waals surface area contributed by atoms with Gasteiger partial charge >= 0.3 is 5.97 Å². The number of amides is 1. The zero-order valence-corrected chi connectivity index (χ0v) is 14.4. The van der Waals surface area contributed by atoms with Gasteiger partial charge in [0.1, 0.15) is 0 Å². The minimum Gasteiger partial charge on any atom is -0.462 e. The molecule has 26 heavy (non-hydrogen) atoms. The van der Waals surface area contributed by atoms with Crippen LogP contribution < -0.4 is 5.32 Å². The van der Waals surface area contributed by atoms with Gasteiger partial charge in [0, 0.05) is 11.8 Å². The van der Waals surface area contributed by atoms with Gasteiger partial charge in [-0.05, 0) is 53.6 Å². The number of fused-ring (bicyclic) bond motifs is 1. The summed E-state index contributed by atoms with van der Waals surface area (Å²) in [6.07, 6.45) is 3.30. The highest BCUT2D eigenvalue weighted by molar-refractivity contribution is 6.03. The molecular formula is C22H19NO3. The van der Waals surface area contributed by atoms with Gasteiger partial charge in [-0.25, -0.2) is 4.79 Å². The molecule has 0 aliphatic carbocycles. The molecule has 0 radical (unpaired) electrons. The van der Waals surface area contributed by atoms with Crippen molar-refractivity contribution in [1.29, 1.82) is 0 Å². The lowest BCUT2D eigenvalue weighted by Crippen LogP contribution is -2.08. The number of nitrogens with one attached hydrogen (secondary N) is 1. The van der Waals surface area contributed by atoms with Gasteiger partial charge in [0.15, 0.2) is 0 Å². The largest absolute Gasteiger partial charge is 0.462 e. The van der Waals surface area contributed by atoms with Crippen molar-refractivity contribution in [3.05, 3.63) is 83.9 Å². The van der Waals surface area contributed by atoms with Gasteiger partial charge in [-0.1, -0.05) is 42.5 Å². The molecule has 3 rings (SSSR count). The molecule has 4 nitrogen and oxygen atoms in total. The Balaban J connectivity index is 1.68. The van der Waals surface area contributed by atoms with E-state index in [0.717, 1.165) is 16.3 Å². The van der Waals surface area contributed by atoms with E-state index in [1.165, 1.54) is 6.08 Å². The minimum absolute atomic E-state index is 0.234. The highest BCUT2D eigenvalue weighted by Gasteiger charge is 2.06. The molecule has 0 spiro atoms. The number of rotatable bonds is 5. The van der Waals surface area contributed by atoms with E-state index < -0.39 is 0 Å². The molecule has 4 heteroatoms. The average Bonchev–Trinajstić information content (AvgIpc) is 2.67. The van der Waals surface area contributed by atoms with Gasteiger partial charge in [0.25, 0.3) is 0 Å². The maximum atomic E-state index is 12.2. The number of carbonyl (C=O) groups is 2. The summed E-state index contributed by atoms with van der Waals surface area (Å²) in [6, 6.07) is 20.6. The van der Waals surface area contributed by atoms with Crippen LogP contribution in [0.1, 0.15) is 22.8 Å². The Morgan fingerprint density at radius 3 is 2.46 bits per heavy atom. The van der Waals surface area contributed by atoms with E-state index in [2.05, 4.69) is 5.32 Å². The monoisotopic (exact) mass is 345 g/mol. The third-order valence-electron chi connectivity index (χ3n) is 3.90. The lowest BCUT2D eigenvalue weighted by molar-refractivity contribution is -0.111. The first kappa shape index (κ1) is 17.4. The Morgan fingerprint density at radius 2 is 1.69 bits per heavy atom. The predicted octanol–water partition coefficient (Wildman–Crippen LogP) is 4.67. The van der Waals surface area contributed by atoms with Crippen molar-refractivity contribution in [2.24, 2.45) is 0 Å². The topological polar surface area (TPSA) is 55.4 Å². The van der Waals surface area contributed by atoms with Crippen LogP contribution in [0, 0.1) is 0 Å². The number of hydrogen-bond acceptors (Lipinski definition) is 3. The second kappa shape index (κ2) is 8.12. The van der Waals surface area contributed by atoms with Crippen molar-refractivity contribution < 1.29 is 14.3 Å². The summed E-state index contributed by atoms with van der Waals surface area (Å²) in [5, 5.41) is 5.01. The summed E-state index contributed by atoms with van der Waals surface area (Å²) in [7, 11) is 0. The Kier molecular flexibility index (Phi) is 5.44. The van der Waals surface area contributed by atoms with Gasteiger partial charge in [0.05, 0.1) is 12.2 Å². The molecule has 0 saturated heterocycles. The third kappa shape index (κ3) is 4.16. The molecule has 0 unspecified atom stereocenters. The smallest absolute Gasteiger partial charge is 0.338 e. The van der Waals surface area contributed by atoms with E-state index in [4.69, 9.17) is 4.74 Å². The summed E-state index contributed by atoms with van der Waals surface area (Å²) >= 11 is 0. The lowest BCUT2D eigenvalue weighted by atomic mass is 10.0. The molecular weight excluding hydrogens is 326 g/mol. The van der Waals surface area contributed by atoms with Gasteiger partial charge in [-0.15, -0.1) is 0 Å². The van der Waals surface area contributed by atoms with Crippen molar-refractivity contribution in [1.82, 2.24) is 0 Å². The first-order valence-corrected chi connectivity index (χ1v) is 8.41. The van der Waals surface area contributed by atoms with Crippen LogP contribution in [0.2, 0.25) is 0 Å². The van der Waals surface area contributed by atoms with Gasteiger partial charge < -0.3 is 10.1 Å². The second-order valence-corrected chi connectivity index (χ2v) is 5.69. The first-order chi connectivity index (χ1) is 12.7. The maximum Gasteiger partial charge on any atom is 0.338 e. The Bertz CT molecular complexity index is 953. The zero-order chi connectivity index (χ0) is 18.4. The minimum atomic E-state index is -0.374. The first-order valence-electron chi connectivity index (χ1n) is 8.41. The Hall–Kier alpha value is -3.40. The highest BCUT2D eigenvalue weighted by atomic mass is 16.5. The molecule has 0 saturated carbocycles. The number of carbonyl (C=O) groups excluding carboxylic acids is 2. The van der Waals surface area contributed by atoms with Crippen LogP contribution in [0.5, 0.6) is 0 Å². The van der Waals surface area contributed by atoms with E-state index in [1.54, 1.807) is 37.3 Å². The fourth-order valence-electron chi connectivity index (χ4n) is 2.65. The average molecular weight is 345 g/mol. The van der Waals surface area contributed by atoms with Crippen molar-refractivity contribution >= 4 is 34.4 Å². The van der Waals surface area contributed by atoms with Crippen molar-refractivity contribution in [2.45, 2.75) is 6.92 Å². The van der Waals surface area contributed by atoms with Gasteiger partial charge in [-0.2, -0.15) is 0 Å². The van der Waals surface area contributed by atoms with Gasteiger partial charge in [0.2, 0.25) is 5.91 Å². The van der Waals surface area contributed by atoms with E-state index in [1.807, 2.05) is 42.5 Å². The quantitative estimate of drug-likeness (QED) is 0.540. The fraction of sp³-hybridized carbons (Fsp3) is 0.0909. The molecule has 1 amide bonds. The number of ether oxygens (including phenoxy) is 1. The molecule has 0 fully saturated rings. The van der Waals surface area contributed by atoms with E-state index in [-0.39, 0.29) is 11.9 Å². The highest BCUT2D eigenvalue weighted by Crippen LogP contribution is 2.19. The molecule has 0 heterocycles. The van der Waals surface area contributed by atoms with E-state index in [0.29, 0.717) is 17.9 Å². The molecule has 1 N–H and O–H groups in total. The molecule has 0 aliphatic rings. The van der Waals surface area contributed by atoms with Crippen LogP contribution in [-0.4, -0.2) is 18.5 Å². The SMILES string of the molecule is CCOC(=O)c1ccc(NC(=O)C=Cc2cccc3ccccc23)cc1. The molecule has 130 valence electrons. The lowest BCUT2D eigenvalue weighted by Gasteiger charge is -2.05. The summed E-state index contributed by atoms with van der Waals surface area (Å²) in [6.45, 7) is 2.09. The van der Waals surface area contributed by atoms with Crippen molar-refractivity contribution in [2.75, 3.05) is 11.9 Å². The fourth-order valence-corrected chi connectivity index (χ4v) is 2.65. The number of esters is 1. The molecule has 0 bridgehead atoms. The van der Waals surface area contributed by atoms with E-state index in [9.17, 15) is 9.59 Å². The summed E-state index contributed by atoms with van der Waals surface area (Å²) in [5.74, 6) is -0.608. The standard InChI is InChI=1S/C22H19NO3/c1-2-26-22(25)18-10-13-19(14-11-18)23-21(24)15-12-17-8-5-7-16-6-3-4-9-20(16)17/h3-15H,2H2,1H3,(H,23,24). The number of benzene rings is 3. The molecule has 0 aromatic heterocycles. The maximum absolute atomic E-state index is 12.2. The van der Waals surface area contributed by atoms with Crippen LogP contribution in [-0.2, 0) is 9.53 Å². The number of hydrogen-bond donors (Lipinski definition) is 1. The van der Waals surface area contributed by atoms with Crippen LogP contribution in [0.25, 0.3) is 16.8 Å². The summed E-state index contributed by atoms with van der Waals surface area (Å²) < 4.78 is 4.93. The predicted molar refractivity (Wildman–Crippen MR) is 104 cm³/mol. The normalized spacial score (nSPS) is 10.8. The van der Waals surface area contributed by atoms with Crippen LogP contribution >= 0.6 is 0 Å². The summed E-state index contributed by atoms with van der Waals surface area (Å²) in [4.78, 5) is 23.8. The van der Waals surface area contributed by atoms with Crippen LogP contribution in [0.4, 0.5) is 5.69 Å². The molecule has 0 aliphatic heterocycles.